The first-order valence-electron chi connectivity index (χ1n) is 10.5. The Morgan fingerprint density at radius 2 is 1.04 bits per heavy atom. The highest BCUT2D eigenvalue weighted by Gasteiger charge is 2.13. The molecule has 0 amide bonds. The van der Waals surface area contributed by atoms with Gasteiger partial charge in [-0.3, -0.25) is 0 Å². The van der Waals surface area contributed by atoms with Gasteiger partial charge in [0.2, 0.25) is 0 Å². The fourth-order valence-corrected chi connectivity index (χ4v) is 3.30. The lowest BCUT2D eigenvalue weighted by Gasteiger charge is -2.30. The second-order valence-corrected chi connectivity index (χ2v) is 8.10. The van der Waals surface area contributed by atoms with Gasteiger partial charge in [0, 0.05) is 5.97 Å². The first-order chi connectivity index (χ1) is 11.5. The minimum absolute atomic E-state index is 0.219. The number of aliphatic carboxylic acids is 1. The SMILES string of the molecule is CCCCCCCCCCCC[N+](C)(C)CCCCCCC(=O)[O-]. The van der Waals surface area contributed by atoms with Crippen molar-refractivity contribution in [1.29, 1.82) is 0 Å². The number of carboxylic acids is 1. The number of carboxylic acid groups (broad SMARTS) is 1. The Kier molecular flexibility index (Phi) is 15.6. The summed E-state index contributed by atoms with van der Waals surface area (Å²) >= 11 is 0. The van der Waals surface area contributed by atoms with E-state index in [2.05, 4.69) is 21.0 Å². The molecule has 0 rings (SSSR count). The predicted molar refractivity (Wildman–Crippen MR) is 102 cm³/mol. The molecule has 0 aromatic rings. The van der Waals surface area contributed by atoms with E-state index in [4.69, 9.17) is 0 Å². The molecule has 0 N–H and O–H groups in total. The molecule has 144 valence electrons. The summed E-state index contributed by atoms with van der Waals surface area (Å²) in [5, 5.41) is 10.3. The molecule has 0 heterocycles. The van der Waals surface area contributed by atoms with Gasteiger partial charge < -0.3 is 14.4 Å². The van der Waals surface area contributed by atoms with Crippen molar-refractivity contribution in [3.8, 4) is 0 Å². The average Bonchev–Trinajstić information content (AvgIpc) is 2.52. The van der Waals surface area contributed by atoms with Crippen molar-refractivity contribution >= 4 is 5.97 Å². The molecular weight excluding hydrogens is 298 g/mol. The van der Waals surface area contributed by atoms with Gasteiger partial charge in [-0.25, -0.2) is 0 Å². The molecular formula is C21H43NO2. The quantitative estimate of drug-likeness (QED) is 0.268. The Bertz CT molecular complexity index is 290. The monoisotopic (exact) mass is 341 g/mol. The van der Waals surface area contributed by atoms with Gasteiger partial charge >= 0.3 is 0 Å². The predicted octanol–water partition coefficient (Wildman–Crippen LogP) is 4.68. The van der Waals surface area contributed by atoms with Gasteiger partial charge in [-0.15, -0.1) is 0 Å². The summed E-state index contributed by atoms with van der Waals surface area (Å²) in [6.07, 6.45) is 18.4. The molecule has 0 atom stereocenters. The molecule has 24 heavy (non-hydrogen) atoms. The van der Waals surface area contributed by atoms with Gasteiger partial charge in [-0.2, -0.15) is 0 Å². The van der Waals surface area contributed by atoms with E-state index in [9.17, 15) is 9.90 Å². The molecule has 0 spiro atoms. The van der Waals surface area contributed by atoms with Crippen LogP contribution < -0.4 is 5.11 Å². The zero-order valence-electron chi connectivity index (χ0n) is 16.8. The molecule has 0 fully saturated rings. The van der Waals surface area contributed by atoms with Crippen LogP contribution in [0.15, 0.2) is 0 Å². The molecule has 0 bridgehead atoms. The van der Waals surface area contributed by atoms with Gasteiger partial charge in [0.1, 0.15) is 0 Å². The first kappa shape index (κ1) is 23.4. The van der Waals surface area contributed by atoms with Crippen molar-refractivity contribution < 1.29 is 14.4 Å². The Hall–Kier alpha value is -0.570. The summed E-state index contributed by atoms with van der Waals surface area (Å²) < 4.78 is 1.11. The van der Waals surface area contributed by atoms with Gasteiger partial charge in [0.15, 0.2) is 0 Å². The third kappa shape index (κ3) is 17.8. The van der Waals surface area contributed by atoms with Crippen LogP contribution in [0.25, 0.3) is 0 Å². The van der Waals surface area contributed by atoms with Gasteiger partial charge in [0.05, 0.1) is 27.2 Å². The van der Waals surface area contributed by atoms with Crippen LogP contribution >= 0.6 is 0 Å². The summed E-state index contributed by atoms with van der Waals surface area (Å²) in [4.78, 5) is 10.3. The maximum Gasteiger partial charge on any atom is 0.0782 e. The molecule has 0 aliphatic heterocycles. The maximum absolute atomic E-state index is 10.3. The van der Waals surface area contributed by atoms with Crippen LogP contribution in [0.2, 0.25) is 0 Å². The van der Waals surface area contributed by atoms with E-state index in [1.54, 1.807) is 0 Å². The number of nitrogens with zero attached hydrogens (tertiary/aromatic N) is 1. The summed E-state index contributed by atoms with van der Waals surface area (Å²) in [6, 6.07) is 0. The average molecular weight is 342 g/mol. The molecule has 3 nitrogen and oxygen atoms in total. The number of hydrogen-bond donors (Lipinski definition) is 0. The van der Waals surface area contributed by atoms with Crippen LogP contribution in [0.5, 0.6) is 0 Å². The van der Waals surface area contributed by atoms with Gasteiger partial charge in [-0.05, 0) is 38.5 Å². The van der Waals surface area contributed by atoms with Crippen molar-refractivity contribution in [2.24, 2.45) is 0 Å². The minimum atomic E-state index is -0.910. The zero-order chi connectivity index (χ0) is 18.1. The number of carbonyl (C=O) groups excluding carboxylic acids is 1. The standard InChI is InChI=1S/C21H43NO2/c1-4-5-6-7-8-9-10-11-13-16-19-22(2,3)20-17-14-12-15-18-21(23)24/h4-20H2,1-3H3. The number of quaternary nitrogens is 1. The fourth-order valence-electron chi connectivity index (χ4n) is 3.30. The van der Waals surface area contributed by atoms with Crippen molar-refractivity contribution in [1.82, 2.24) is 0 Å². The molecule has 0 aromatic heterocycles. The number of unbranched alkanes of at least 4 members (excludes halogenated alkanes) is 12. The Balaban J connectivity index is 3.36. The van der Waals surface area contributed by atoms with Crippen LogP contribution in [0.4, 0.5) is 0 Å². The van der Waals surface area contributed by atoms with E-state index >= 15 is 0 Å². The molecule has 0 aromatic carbocycles. The minimum Gasteiger partial charge on any atom is -0.550 e. The normalized spacial score (nSPS) is 11.8. The van der Waals surface area contributed by atoms with Crippen LogP contribution in [0.1, 0.15) is 103 Å². The van der Waals surface area contributed by atoms with Crippen molar-refractivity contribution in [2.75, 3.05) is 27.2 Å². The number of hydrogen-bond acceptors (Lipinski definition) is 2. The van der Waals surface area contributed by atoms with Crippen LogP contribution in [-0.4, -0.2) is 37.6 Å². The fraction of sp³-hybridized carbons (Fsp3) is 0.952. The van der Waals surface area contributed by atoms with E-state index in [0.29, 0.717) is 0 Å². The summed E-state index contributed by atoms with van der Waals surface area (Å²) in [7, 11) is 4.66. The molecule has 0 saturated heterocycles. The second-order valence-electron chi connectivity index (χ2n) is 8.10. The van der Waals surface area contributed by atoms with Gasteiger partial charge in [0.25, 0.3) is 0 Å². The lowest BCUT2D eigenvalue weighted by molar-refractivity contribution is -0.890. The highest BCUT2D eigenvalue weighted by atomic mass is 16.4. The lowest BCUT2D eigenvalue weighted by atomic mass is 10.1. The second kappa shape index (κ2) is 15.9. The third-order valence-corrected chi connectivity index (χ3v) is 5.01. The van der Waals surface area contributed by atoms with E-state index in [0.717, 1.165) is 23.7 Å². The zero-order valence-corrected chi connectivity index (χ0v) is 16.8. The van der Waals surface area contributed by atoms with Crippen molar-refractivity contribution in [2.45, 2.75) is 103 Å². The van der Waals surface area contributed by atoms with E-state index in [-0.39, 0.29) is 6.42 Å². The highest BCUT2D eigenvalue weighted by molar-refractivity contribution is 5.63. The van der Waals surface area contributed by atoms with E-state index in [1.165, 1.54) is 83.7 Å². The maximum atomic E-state index is 10.3. The van der Waals surface area contributed by atoms with E-state index in [1.807, 2.05) is 0 Å². The van der Waals surface area contributed by atoms with Crippen molar-refractivity contribution in [3.63, 3.8) is 0 Å². The third-order valence-electron chi connectivity index (χ3n) is 5.01. The Labute approximate surface area is 151 Å². The van der Waals surface area contributed by atoms with Crippen molar-refractivity contribution in [3.05, 3.63) is 0 Å². The topological polar surface area (TPSA) is 40.1 Å². The first-order valence-corrected chi connectivity index (χ1v) is 10.5. The summed E-state index contributed by atoms with van der Waals surface area (Å²) in [5.74, 6) is -0.910. The van der Waals surface area contributed by atoms with E-state index < -0.39 is 5.97 Å². The van der Waals surface area contributed by atoms with Gasteiger partial charge in [-0.1, -0.05) is 64.7 Å². The smallest absolute Gasteiger partial charge is 0.0782 e. The summed E-state index contributed by atoms with van der Waals surface area (Å²) in [5.41, 5.74) is 0. The Morgan fingerprint density at radius 1 is 0.667 bits per heavy atom. The molecule has 0 unspecified atom stereocenters. The summed E-state index contributed by atoms with van der Waals surface area (Å²) in [6.45, 7) is 4.76. The van der Waals surface area contributed by atoms with Crippen LogP contribution in [0, 0.1) is 0 Å². The highest BCUT2D eigenvalue weighted by Crippen LogP contribution is 2.12. The molecule has 0 aliphatic carbocycles. The Morgan fingerprint density at radius 3 is 1.46 bits per heavy atom. The lowest BCUT2D eigenvalue weighted by Crippen LogP contribution is -2.41. The molecule has 0 saturated carbocycles. The molecule has 0 radical (unpaired) electrons. The number of rotatable bonds is 18. The number of carbonyl (C=O) groups is 1. The molecule has 0 aliphatic rings. The molecule has 3 heteroatoms. The van der Waals surface area contributed by atoms with Crippen LogP contribution in [0.3, 0.4) is 0 Å². The largest absolute Gasteiger partial charge is 0.550 e. The van der Waals surface area contributed by atoms with Crippen LogP contribution in [-0.2, 0) is 4.79 Å².